The van der Waals surface area contributed by atoms with Gasteiger partial charge in [-0.15, -0.1) is 0 Å². The van der Waals surface area contributed by atoms with Crippen LogP contribution in [0.4, 0.5) is 0 Å². The van der Waals surface area contributed by atoms with E-state index in [9.17, 15) is 4.89 Å². The molecule has 0 aromatic carbocycles. The molecule has 0 aliphatic carbocycles. The van der Waals surface area contributed by atoms with Gasteiger partial charge in [0.05, 0.1) is 18.5 Å². The summed E-state index contributed by atoms with van der Waals surface area (Å²) < 4.78 is 0. The van der Waals surface area contributed by atoms with Crippen molar-refractivity contribution in [2.45, 2.75) is 59.3 Å². The van der Waals surface area contributed by atoms with Gasteiger partial charge in [0.15, 0.2) is 0 Å². The quantitative estimate of drug-likeness (QED) is 0.573. The molecule has 0 saturated carbocycles. The Morgan fingerprint density at radius 2 is 1.00 bits per heavy atom. The normalized spacial score (nSPS) is 12.0. The van der Waals surface area contributed by atoms with E-state index in [1.165, 1.54) is 38.5 Å². The van der Waals surface area contributed by atoms with Gasteiger partial charge in [0.1, 0.15) is 7.49 Å². The smallest absolute Gasteiger partial charge is 0.142 e. The van der Waals surface area contributed by atoms with Crippen LogP contribution in [0, 0.1) is 0 Å². The lowest BCUT2D eigenvalue weighted by Gasteiger charge is -2.19. The van der Waals surface area contributed by atoms with E-state index in [0.717, 1.165) is 18.5 Å². The highest BCUT2D eigenvalue weighted by Crippen LogP contribution is 2.56. The molecule has 0 fully saturated rings. The van der Waals surface area contributed by atoms with E-state index in [1.807, 2.05) is 0 Å². The predicted octanol–water partition coefficient (Wildman–Crippen LogP) is 4.31. The highest BCUT2D eigenvalue weighted by molar-refractivity contribution is 7.70. The molecule has 0 spiro atoms. The third kappa shape index (κ3) is 6.79. The zero-order chi connectivity index (χ0) is 10.9. The fraction of sp³-hybridized carbons (Fsp3) is 1.00. The first kappa shape index (κ1) is 14.4. The van der Waals surface area contributed by atoms with Gasteiger partial charge in [-0.05, 0) is 19.3 Å². The molecule has 1 N–H and O–H groups in total. The van der Waals surface area contributed by atoms with Crippen molar-refractivity contribution in [1.82, 2.24) is 0 Å². The molecule has 0 amide bonds. The largest absolute Gasteiger partial charge is 0.252 e. The first-order valence-electron chi connectivity index (χ1n) is 6.27. The maximum atomic E-state index is 10.5. The minimum atomic E-state index is -1.52. The van der Waals surface area contributed by atoms with Gasteiger partial charge in [0, 0.05) is 0 Å². The number of hydrogen-bond donors (Lipinski definition) is 1. The standard InChI is InChI=1S/C12H28OP/c1-4-7-10-14(13,11-8-5-2)12-9-6-3/h13H,4-12H2,1-3H3/q+1. The van der Waals surface area contributed by atoms with Crippen LogP contribution in [-0.4, -0.2) is 23.4 Å². The van der Waals surface area contributed by atoms with Crippen molar-refractivity contribution in [1.29, 1.82) is 0 Å². The van der Waals surface area contributed by atoms with E-state index in [4.69, 9.17) is 0 Å². The van der Waals surface area contributed by atoms with Crippen LogP contribution in [-0.2, 0) is 0 Å². The van der Waals surface area contributed by atoms with Crippen molar-refractivity contribution in [2.24, 2.45) is 0 Å². The van der Waals surface area contributed by atoms with Crippen LogP contribution in [0.15, 0.2) is 0 Å². The van der Waals surface area contributed by atoms with Crippen molar-refractivity contribution < 1.29 is 4.89 Å². The van der Waals surface area contributed by atoms with Gasteiger partial charge in [0.2, 0.25) is 0 Å². The molecule has 86 valence electrons. The van der Waals surface area contributed by atoms with Crippen LogP contribution in [0.1, 0.15) is 59.3 Å². The zero-order valence-electron chi connectivity index (χ0n) is 10.3. The molecule has 0 atom stereocenters. The average molecular weight is 219 g/mol. The second kappa shape index (κ2) is 8.68. The monoisotopic (exact) mass is 219 g/mol. The molecule has 0 rings (SSSR count). The predicted molar refractivity (Wildman–Crippen MR) is 68.5 cm³/mol. The number of unbranched alkanes of at least 4 members (excludes halogenated alkanes) is 3. The lowest BCUT2D eigenvalue weighted by atomic mass is 10.4. The number of hydrogen-bond acceptors (Lipinski definition) is 1. The summed E-state index contributed by atoms with van der Waals surface area (Å²) in [6.07, 6.45) is 10.7. The van der Waals surface area contributed by atoms with Crippen molar-refractivity contribution in [3.05, 3.63) is 0 Å². The Kier molecular flexibility index (Phi) is 8.92. The molecule has 0 aromatic heterocycles. The van der Waals surface area contributed by atoms with Gasteiger partial charge in [-0.3, -0.25) is 4.89 Å². The second-order valence-electron chi connectivity index (χ2n) is 4.33. The van der Waals surface area contributed by atoms with Crippen molar-refractivity contribution in [2.75, 3.05) is 18.5 Å². The summed E-state index contributed by atoms with van der Waals surface area (Å²) in [6.45, 7) is 6.64. The fourth-order valence-electron chi connectivity index (χ4n) is 1.69. The van der Waals surface area contributed by atoms with Gasteiger partial charge >= 0.3 is 0 Å². The summed E-state index contributed by atoms with van der Waals surface area (Å²) in [5.41, 5.74) is 0. The summed E-state index contributed by atoms with van der Waals surface area (Å²) in [4.78, 5) is 10.5. The molecule has 14 heavy (non-hydrogen) atoms. The highest BCUT2D eigenvalue weighted by Gasteiger charge is 2.32. The van der Waals surface area contributed by atoms with Crippen LogP contribution >= 0.6 is 7.49 Å². The minimum Gasteiger partial charge on any atom is -0.252 e. The molecule has 0 aromatic rings. The molecule has 0 aliphatic heterocycles. The van der Waals surface area contributed by atoms with Crippen molar-refractivity contribution >= 4 is 7.49 Å². The molecule has 0 radical (unpaired) electrons. The van der Waals surface area contributed by atoms with E-state index >= 15 is 0 Å². The number of rotatable bonds is 9. The molecule has 2 heteroatoms. The minimum absolute atomic E-state index is 1.11. The maximum absolute atomic E-state index is 10.5. The summed E-state index contributed by atoms with van der Waals surface area (Å²) in [5, 5.41) is 0. The average Bonchev–Trinajstić information content (AvgIpc) is 2.21. The summed E-state index contributed by atoms with van der Waals surface area (Å²) in [7, 11) is -1.52. The molecule has 0 unspecified atom stereocenters. The molecule has 0 heterocycles. The lowest BCUT2D eigenvalue weighted by Crippen LogP contribution is -2.07. The Balaban J connectivity index is 3.89. The third-order valence-corrected chi connectivity index (χ3v) is 6.23. The van der Waals surface area contributed by atoms with Gasteiger partial charge < -0.3 is 0 Å². The Hall–Kier alpha value is 0.390. The summed E-state index contributed by atoms with van der Waals surface area (Å²) in [6, 6.07) is 0. The van der Waals surface area contributed by atoms with Crippen molar-refractivity contribution in [3.63, 3.8) is 0 Å². The van der Waals surface area contributed by atoms with Crippen LogP contribution in [0.3, 0.4) is 0 Å². The Labute approximate surface area is 90.7 Å². The third-order valence-electron chi connectivity index (χ3n) is 2.78. The van der Waals surface area contributed by atoms with Crippen molar-refractivity contribution in [3.8, 4) is 0 Å². The lowest BCUT2D eigenvalue weighted by molar-refractivity contribution is 0.581. The molecule has 1 nitrogen and oxygen atoms in total. The van der Waals surface area contributed by atoms with E-state index in [0.29, 0.717) is 0 Å². The highest BCUT2D eigenvalue weighted by atomic mass is 31.2. The zero-order valence-corrected chi connectivity index (χ0v) is 11.2. The molecule has 0 bridgehead atoms. The first-order chi connectivity index (χ1) is 6.68. The van der Waals surface area contributed by atoms with E-state index in [2.05, 4.69) is 20.8 Å². The van der Waals surface area contributed by atoms with E-state index in [-0.39, 0.29) is 0 Å². The Morgan fingerprint density at radius 1 is 0.714 bits per heavy atom. The Morgan fingerprint density at radius 3 is 1.21 bits per heavy atom. The second-order valence-corrected chi connectivity index (χ2v) is 7.86. The molecular weight excluding hydrogens is 191 g/mol. The summed E-state index contributed by atoms with van der Waals surface area (Å²) in [5.74, 6) is 0. The van der Waals surface area contributed by atoms with Gasteiger partial charge in [-0.25, -0.2) is 0 Å². The topological polar surface area (TPSA) is 20.2 Å². The molecule has 0 saturated heterocycles. The Bertz CT molecular complexity index is 104. The van der Waals surface area contributed by atoms with E-state index in [1.54, 1.807) is 0 Å². The maximum Gasteiger partial charge on any atom is 0.142 e. The van der Waals surface area contributed by atoms with E-state index < -0.39 is 7.49 Å². The molecular formula is C12H28OP+. The van der Waals surface area contributed by atoms with Gasteiger partial charge in [-0.1, -0.05) is 40.0 Å². The summed E-state index contributed by atoms with van der Waals surface area (Å²) >= 11 is 0. The fourth-order valence-corrected chi connectivity index (χ4v) is 5.08. The van der Waals surface area contributed by atoms with Gasteiger partial charge in [0.25, 0.3) is 0 Å². The molecule has 0 aliphatic rings. The van der Waals surface area contributed by atoms with Crippen LogP contribution in [0.25, 0.3) is 0 Å². The van der Waals surface area contributed by atoms with Crippen LogP contribution in [0.2, 0.25) is 0 Å². The SMILES string of the molecule is CCCC[P+](O)(CCCC)CCCC. The first-order valence-corrected chi connectivity index (χ1v) is 8.57. The van der Waals surface area contributed by atoms with Crippen LogP contribution in [0.5, 0.6) is 0 Å². The van der Waals surface area contributed by atoms with Crippen LogP contribution < -0.4 is 0 Å². The van der Waals surface area contributed by atoms with Gasteiger partial charge in [-0.2, -0.15) is 0 Å².